The van der Waals surface area contributed by atoms with Gasteiger partial charge in [0.2, 0.25) is 0 Å². The molecule has 0 aliphatic carbocycles. The van der Waals surface area contributed by atoms with Crippen LogP contribution < -0.4 is 10.1 Å². The fourth-order valence-electron chi connectivity index (χ4n) is 2.54. The number of aromatic nitrogens is 1. The van der Waals surface area contributed by atoms with E-state index in [1.54, 1.807) is 0 Å². The molecule has 1 N–H and O–H groups in total. The smallest absolute Gasteiger partial charge is 0.193 e. The van der Waals surface area contributed by atoms with Crippen molar-refractivity contribution in [2.45, 2.75) is 19.9 Å². The summed E-state index contributed by atoms with van der Waals surface area (Å²) >= 11 is 0. The lowest BCUT2D eigenvalue weighted by molar-refractivity contribution is 0.308. The van der Waals surface area contributed by atoms with Gasteiger partial charge in [0, 0.05) is 39.6 Å². The summed E-state index contributed by atoms with van der Waals surface area (Å²) in [5.41, 5.74) is 2.42. The van der Waals surface area contributed by atoms with E-state index >= 15 is 0 Å². The highest BCUT2D eigenvalue weighted by atomic mass is 127. The Hall–Kier alpha value is -1.70. The molecule has 0 saturated heterocycles. The number of aryl methyl sites for hydroxylation is 2. The van der Waals surface area contributed by atoms with Crippen molar-refractivity contribution in [1.29, 1.82) is 0 Å². The summed E-state index contributed by atoms with van der Waals surface area (Å²) in [7, 11) is 5.92. The van der Waals surface area contributed by atoms with Gasteiger partial charge < -0.3 is 19.5 Å². The van der Waals surface area contributed by atoms with Crippen molar-refractivity contribution in [2.24, 2.45) is 12.0 Å². The van der Waals surface area contributed by atoms with Gasteiger partial charge in [0.15, 0.2) is 5.96 Å². The third-order valence-corrected chi connectivity index (χ3v) is 3.98. The van der Waals surface area contributed by atoms with Gasteiger partial charge in [-0.15, -0.1) is 24.0 Å². The average molecular weight is 456 g/mol. The summed E-state index contributed by atoms with van der Waals surface area (Å²) in [6.45, 7) is 4.41. The number of benzene rings is 1. The molecular weight excluding hydrogens is 427 g/mol. The molecule has 0 aliphatic rings. The zero-order chi connectivity index (χ0) is 17.4. The Morgan fingerprint density at radius 1 is 1.24 bits per heavy atom. The molecule has 0 amide bonds. The van der Waals surface area contributed by atoms with Crippen molar-refractivity contribution in [1.82, 2.24) is 14.8 Å². The van der Waals surface area contributed by atoms with Crippen molar-refractivity contribution in [3.05, 3.63) is 53.9 Å². The van der Waals surface area contributed by atoms with Gasteiger partial charge in [-0.1, -0.05) is 18.2 Å². The van der Waals surface area contributed by atoms with E-state index in [4.69, 9.17) is 4.74 Å². The second-order valence-electron chi connectivity index (χ2n) is 5.91. The summed E-state index contributed by atoms with van der Waals surface area (Å²) < 4.78 is 7.94. The number of rotatable bonds is 7. The van der Waals surface area contributed by atoms with Crippen LogP contribution in [-0.4, -0.2) is 42.7 Å². The normalized spacial score (nSPS) is 11.0. The lowest BCUT2D eigenvalue weighted by Crippen LogP contribution is -2.39. The fraction of sp³-hybridized carbons (Fsp3) is 0.421. The molecule has 0 radical (unpaired) electrons. The molecule has 1 heterocycles. The number of para-hydroxylation sites is 1. The predicted octanol–water partition coefficient (Wildman–Crippen LogP) is 3.43. The van der Waals surface area contributed by atoms with Crippen molar-refractivity contribution in [3.63, 3.8) is 0 Å². The Bertz CT molecular complexity index is 669. The first-order valence-corrected chi connectivity index (χ1v) is 8.32. The summed E-state index contributed by atoms with van der Waals surface area (Å²) in [6, 6.07) is 12.3. The minimum atomic E-state index is 0. The van der Waals surface area contributed by atoms with Crippen LogP contribution in [0.2, 0.25) is 0 Å². The minimum Gasteiger partial charge on any atom is -0.493 e. The lowest BCUT2D eigenvalue weighted by Gasteiger charge is -2.22. The highest BCUT2D eigenvalue weighted by Crippen LogP contribution is 2.16. The molecule has 5 nitrogen and oxygen atoms in total. The van der Waals surface area contributed by atoms with Gasteiger partial charge in [0.05, 0.1) is 13.2 Å². The number of aliphatic imine (C=N–C) groups is 1. The first-order chi connectivity index (χ1) is 11.6. The zero-order valence-electron chi connectivity index (χ0n) is 15.5. The maximum absolute atomic E-state index is 5.82. The summed E-state index contributed by atoms with van der Waals surface area (Å²) in [4.78, 5) is 6.47. The maximum atomic E-state index is 5.82. The van der Waals surface area contributed by atoms with Crippen molar-refractivity contribution in [2.75, 3.05) is 27.2 Å². The number of nitrogens with one attached hydrogen (secondary N) is 1. The topological polar surface area (TPSA) is 41.8 Å². The molecule has 0 saturated carbocycles. The van der Waals surface area contributed by atoms with Gasteiger partial charge in [0.25, 0.3) is 0 Å². The molecule has 0 atom stereocenters. The van der Waals surface area contributed by atoms with Crippen LogP contribution in [0.5, 0.6) is 5.75 Å². The molecule has 0 unspecified atom stereocenters. The monoisotopic (exact) mass is 456 g/mol. The Labute approximate surface area is 168 Å². The van der Waals surface area contributed by atoms with E-state index in [9.17, 15) is 0 Å². The molecule has 1 aromatic heterocycles. The molecule has 0 spiro atoms. The van der Waals surface area contributed by atoms with E-state index in [1.807, 2.05) is 32.3 Å². The van der Waals surface area contributed by atoms with Crippen molar-refractivity contribution >= 4 is 29.9 Å². The molecule has 0 fully saturated rings. The molecule has 2 aromatic rings. The number of hydrogen-bond acceptors (Lipinski definition) is 2. The first-order valence-electron chi connectivity index (χ1n) is 8.32. The third kappa shape index (κ3) is 6.61. The van der Waals surface area contributed by atoms with Crippen LogP contribution in [0, 0.1) is 6.92 Å². The molecule has 138 valence electrons. The Morgan fingerprint density at radius 2 is 2.00 bits per heavy atom. The van der Waals surface area contributed by atoms with Crippen molar-refractivity contribution in [3.8, 4) is 5.75 Å². The van der Waals surface area contributed by atoms with E-state index in [1.165, 1.54) is 11.3 Å². The zero-order valence-corrected chi connectivity index (χ0v) is 17.9. The highest BCUT2D eigenvalue weighted by Gasteiger charge is 2.07. The van der Waals surface area contributed by atoms with E-state index in [2.05, 4.69) is 58.1 Å². The lowest BCUT2D eigenvalue weighted by atomic mass is 10.2. The van der Waals surface area contributed by atoms with E-state index in [0.29, 0.717) is 6.61 Å². The molecule has 1 aromatic carbocycles. The Kier molecular flexibility index (Phi) is 9.41. The van der Waals surface area contributed by atoms with Crippen LogP contribution >= 0.6 is 24.0 Å². The van der Waals surface area contributed by atoms with Crippen LogP contribution in [0.25, 0.3) is 0 Å². The van der Waals surface area contributed by atoms with Gasteiger partial charge in [0.1, 0.15) is 5.75 Å². The molecule has 25 heavy (non-hydrogen) atoms. The second kappa shape index (κ2) is 11.0. The van der Waals surface area contributed by atoms with Gasteiger partial charge in [-0.25, -0.2) is 0 Å². The largest absolute Gasteiger partial charge is 0.493 e. The van der Waals surface area contributed by atoms with Crippen LogP contribution in [0.4, 0.5) is 0 Å². The fourth-order valence-corrected chi connectivity index (χ4v) is 2.54. The first kappa shape index (κ1) is 21.3. The Morgan fingerprint density at radius 3 is 2.64 bits per heavy atom. The average Bonchev–Trinajstić information content (AvgIpc) is 2.97. The summed E-state index contributed by atoms with van der Waals surface area (Å²) in [5.74, 6) is 1.86. The highest BCUT2D eigenvalue weighted by molar-refractivity contribution is 14.0. The maximum Gasteiger partial charge on any atom is 0.193 e. The SMILES string of the molecule is CN=C(NCCCOc1ccccc1C)N(C)Cc1cccn1C.I. The van der Waals surface area contributed by atoms with E-state index < -0.39 is 0 Å². The summed E-state index contributed by atoms with van der Waals surface area (Å²) in [6.07, 6.45) is 2.98. The minimum absolute atomic E-state index is 0. The van der Waals surface area contributed by atoms with Crippen molar-refractivity contribution < 1.29 is 4.74 Å². The molecule has 6 heteroatoms. The van der Waals surface area contributed by atoms with Gasteiger partial charge >= 0.3 is 0 Å². The second-order valence-corrected chi connectivity index (χ2v) is 5.91. The van der Waals surface area contributed by atoms with Crippen LogP contribution in [0.15, 0.2) is 47.6 Å². The number of guanidine groups is 1. The molecule has 0 bridgehead atoms. The van der Waals surface area contributed by atoms with Gasteiger partial charge in [-0.2, -0.15) is 0 Å². The van der Waals surface area contributed by atoms with Crippen LogP contribution in [0.1, 0.15) is 17.7 Å². The number of nitrogens with zero attached hydrogens (tertiary/aromatic N) is 3. The number of ether oxygens (including phenoxy) is 1. The van der Waals surface area contributed by atoms with Crippen LogP contribution in [0.3, 0.4) is 0 Å². The van der Waals surface area contributed by atoms with Gasteiger partial charge in [-0.05, 0) is 37.1 Å². The molecular formula is C19H29IN4O. The summed E-state index contributed by atoms with van der Waals surface area (Å²) in [5, 5.41) is 3.39. The number of hydrogen-bond donors (Lipinski definition) is 1. The third-order valence-electron chi connectivity index (χ3n) is 3.98. The quantitative estimate of drug-likeness (QED) is 0.301. The predicted molar refractivity (Wildman–Crippen MR) is 115 cm³/mol. The van der Waals surface area contributed by atoms with E-state index in [-0.39, 0.29) is 24.0 Å². The molecule has 0 aliphatic heterocycles. The standard InChI is InChI=1S/C19H28N4O.HI/c1-16-9-5-6-11-18(16)24-14-8-12-21-19(20-2)23(4)15-17-10-7-13-22(17)3;/h5-7,9-11,13H,8,12,14-15H2,1-4H3,(H,20,21);1H. The van der Waals surface area contributed by atoms with Gasteiger partial charge in [-0.3, -0.25) is 4.99 Å². The Balaban J connectivity index is 0.00000312. The van der Waals surface area contributed by atoms with Crippen LogP contribution in [-0.2, 0) is 13.6 Å². The van der Waals surface area contributed by atoms with E-state index in [0.717, 1.165) is 31.2 Å². The number of halogens is 1. The molecule has 2 rings (SSSR count).